The van der Waals surface area contributed by atoms with Gasteiger partial charge in [0.1, 0.15) is 18.5 Å². The Morgan fingerprint density at radius 3 is 2.69 bits per heavy atom. The highest BCUT2D eigenvalue weighted by Gasteiger charge is 2.32. The molecule has 2 unspecified atom stereocenters. The van der Waals surface area contributed by atoms with Crippen LogP contribution in [-0.4, -0.2) is 35.8 Å². The molecule has 1 aliphatic heterocycles. The summed E-state index contributed by atoms with van der Waals surface area (Å²) in [6, 6.07) is 8.05. The van der Waals surface area contributed by atoms with Gasteiger partial charge in [0, 0.05) is 5.56 Å². The number of fused-ring (bicyclic) bond motifs is 1. The molecule has 0 saturated carbocycles. The number of hydrogen-bond acceptors (Lipinski definition) is 3. The molecule has 2 rings (SSSR count). The Kier molecular flexibility index (Phi) is 3.46. The smallest absolute Gasteiger partial charge is 0.124 e. The van der Waals surface area contributed by atoms with Crippen LogP contribution < -0.4 is 4.74 Å². The number of ether oxygens (including phenoxy) is 1. The van der Waals surface area contributed by atoms with E-state index in [1.807, 2.05) is 24.3 Å². The lowest BCUT2D eigenvalue weighted by molar-refractivity contribution is 0.00367. The van der Waals surface area contributed by atoms with Crippen molar-refractivity contribution in [3.05, 3.63) is 29.8 Å². The molecule has 1 heterocycles. The van der Waals surface area contributed by atoms with Crippen LogP contribution in [0.15, 0.2) is 24.3 Å². The Morgan fingerprint density at radius 2 is 2.00 bits per heavy atom. The zero-order valence-electron chi connectivity index (χ0n) is 9.89. The van der Waals surface area contributed by atoms with Crippen LogP contribution in [0.5, 0.6) is 5.75 Å². The zero-order chi connectivity index (χ0) is 11.5. The van der Waals surface area contributed by atoms with E-state index >= 15 is 0 Å². The average molecular weight is 221 g/mol. The van der Waals surface area contributed by atoms with Crippen molar-refractivity contribution in [1.29, 1.82) is 0 Å². The third-order valence-corrected chi connectivity index (χ3v) is 3.22. The third-order valence-electron chi connectivity index (χ3n) is 3.22. The topological polar surface area (TPSA) is 32.7 Å². The lowest BCUT2D eigenvalue weighted by Crippen LogP contribution is -2.42. The van der Waals surface area contributed by atoms with Crippen LogP contribution >= 0.6 is 0 Å². The molecule has 88 valence electrons. The second kappa shape index (κ2) is 4.85. The van der Waals surface area contributed by atoms with Crippen molar-refractivity contribution < 1.29 is 9.84 Å². The first kappa shape index (κ1) is 11.4. The van der Waals surface area contributed by atoms with E-state index in [1.54, 1.807) is 0 Å². The fraction of sp³-hybridized carbons (Fsp3) is 0.538. The fourth-order valence-corrected chi connectivity index (χ4v) is 2.39. The summed E-state index contributed by atoms with van der Waals surface area (Å²) in [5, 5.41) is 10.1. The third kappa shape index (κ3) is 1.93. The second-order valence-corrected chi connectivity index (χ2v) is 4.08. The summed E-state index contributed by atoms with van der Waals surface area (Å²) in [4.78, 5) is 2.27. The minimum atomic E-state index is -0.435. The highest BCUT2D eigenvalue weighted by molar-refractivity contribution is 5.38. The van der Waals surface area contributed by atoms with Crippen molar-refractivity contribution in [3.63, 3.8) is 0 Å². The number of nitrogens with zero attached hydrogens (tertiary/aromatic N) is 1. The molecule has 0 aromatic heterocycles. The Bertz CT molecular complexity index is 350. The Hall–Kier alpha value is -1.06. The Morgan fingerprint density at radius 1 is 1.31 bits per heavy atom. The first-order chi connectivity index (χ1) is 7.77. The molecule has 16 heavy (non-hydrogen) atoms. The molecule has 3 heteroatoms. The molecule has 0 spiro atoms. The lowest BCUT2D eigenvalue weighted by Gasteiger charge is -2.37. The fourth-order valence-electron chi connectivity index (χ4n) is 2.39. The summed E-state index contributed by atoms with van der Waals surface area (Å²) in [6.45, 7) is 6.50. The first-order valence-corrected chi connectivity index (χ1v) is 5.91. The van der Waals surface area contributed by atoms with Crippen molar-refractivity contribution in [2.45, 2.75) is 26.0 Å². The van der Waals surface area contributed by atoms with Crippen molar-refractivity contribution in [2.24, 2.45) is 0 Å². The predicted octanol–water partition coefficient (Wildman–Crippen LogP) is 1.82. The maximum absolute atomic E-state index is 10.1. The Balaban J connectivity index is 2.36. The maximum Gasteiger partial charge on any atom is 0.124 e. The summed E-state index contributed by atoms with van der Waals surface area (Å²) >= 11 is 0. The van der Waals surface area contributed by atoms with Crippen LogP contribution in [0.4, 0.5) is 0 Å². The van der Waals surface area contributed by atoms with Crippen LogP contribution in [0.3, 0.4) is 0 Å². The van der Waals surface area contributed by atoms with Gasteiger partial charge in [-0.05, 0) is 19.2 Å². The number of likely N-dealkylation sites (N-methyl/N-ethyl adjacent to an activating group) is 1. The molecule has 1 aromatic carbocycles. The van der Waals surface area contributed by atoms with Crippen LogP contribution in [0.25, 0.3) is 0 Å². The molecule has 0 fully saturated rings. The number of hydrogen-bond donors (Lipinski definition) is 1. The second-order valence-electron chi connectivity index (χ2n) is 4.08. The van der Waals surface area contributed by atoms with E-state index in [1.165, 1.54) is 0 Å². The summed E-state index contributed by atoms with van der Waals surface area (Å²) < 4.78 is 5.53. The average Bonchev–Trinajstić information content (AvgIpc) is 2.33. The molecule has 2 atom stereocenters. The molecule has 0 saturated heterocycles. The van der Waals surface area contributed by atoms with Gasteiger partial charge in [-0.3, -0.25) is 4.90 Å². The van der Waals surface area contributed by atoms with E-state index in [9.17, 15) is 5.11 Å². The van der Waals surface area contributed by atoms with Crippen LogP contribution in [0.2, 0.25) is 0 Å². The molecular weight excluding hydrogens is 202 g/mol. The largest absolute Gasteiger partial charge is 0.490 e. The van der Waals surface area contributed by atoms with Gasteiger partial charge in [0.15, 0.2) is 0 Å². The number of aliphatic hydroxyl groups excluding tert-OH is 1. The highest BCUT2D eigenvalue weighted by atomic mass is 16.5. The summed E-state index contributed by atoms with van der Waals surface area (Å²) in [5.41, 5.74) is 1.10. The van der Waals surface area contributed by atoms with Crippen molar-refractivity contribution in [3.8, 4) is 5.75 Å². The van der Waals surface area contributed by atoms with Crippen molar-refractivity contribution in [1.82, 2.24) is 4.90 Å². The first-order valence-electron chi connectivity index (χ1n) is 5.91. The van der Waals surface area contributed by atoms with Gasteiger partial charge in [0.25, 0.3) is 0 Å². The SMILES string of the molecule is CCN(CC)C1c2ccccc2OCC1O. The van der Waals surface area contributed by atoms with Crippen LogP contribution in [0, 0.1) is 0 Å². The van der Waals surface area contributed by atoms with E-state index in [0.717, 1.165) is 24.4 Å². The van der Waals surface area contributed by atoms with Gasteiger partial charge >= 0.3 is 0 Å². The lowest BCUT2D eigenvalue weighted by atomic mass is 9.96. The van der Waals surface area contributed by atoms with Gasteiger partial charge in [0.2, 0.25) is 0 Å². The predicted molar refractivity (Wildman–Crippen MR) is 63.6 cm³/mol. The molecule has 1 aromatic rings. The number of benzene rings is 1. The minimum absolute atomic E-state index is 0.0694. The molecule has 0 aliphatic carbocycles. The monoisotopic (exact) mass is 221 g/mol. The quantitative estimate of drug-likeness (QED) is 0.845. The zero-order valence-corrected chi connectivity index (χ0v) is 9.89. The van der Waals surface area contributed by atoms with Gasteiger partial charge in [-0.15, -0.1) is 0 Å². The van der Waals surface area contributed by atoms with Crippen molar-refractivity contribution in [2.75, 3.05) is 19.7 Å². The van der Waals surface area contributed by atoms with Crippen LogP contribution in [0.1, 0.15) is 25.5 Å². The maximum atomic E-state index is 10.1. The number of aliphatic hydroxyl groups is 1. The van der Waals surface area contributed by atoms with Gasteiger partial charge < -0.3 is 9.84 Å². The highest BCUT2D eigenvalue weighted by Crippen LogP contribution is 2.35. The summed E-state index contributed by atoms with van der Waals surface area (Å²) in [6.07, 6.45) is -0.435. The van der Waals surface area contributed by atoms with Gasteiger partial charge in [-0.2, -0.15) is 0 Å². The van der Waals surface area contributed by atoms with Crippen LogP contribution in [-0.2, 0) is 0 Å². The van der Waals surface area contributed by atoms with Gasteiger partial charge in [-0.25, -0.2) is 0 Å². The normalized spacial score (nSPS) is 24.0. The molecule has 1 N–H and O–H groups in total. The molecule has 0 radical (unpaired) electrons. The van der Waals surface area contributed by atoms with E-state index in [-0.39, 0.29) is 6.04 Å². The minimum Gasteiger partial charge on any atom is -0.490 e. The van der Waals surface area contributed by atoms with E-state index in [0.29, 0.717) is 6.61 Å². The van der Waals surface area contributed by atoms with E-state index in [4.69, 9.17) is 4.74 Å². The number of para-hydroxylation sites is 1. The molecule has 0 bridgehead atoms. The Labute approximate surface area is 96.6 Å². The van der Waals surface area contributed by atoms with Gasteiger partial charge in [-0.1, -0.05) is 32.0 Å². The summed E-state index contributed by atoms with van der Waals surface area (Å²) in [5.74, 6) is 0.907. The molecule has 1 aliphatic rings. The molecular formula is C13H19NO2. The summed E-state index contributed by atoms with van der Waals surface area (Å²) in [7, 11) is 0. The van der Waals surface area contributed by atoms with Gasteiger partial charge in [0.05, 0.1) is 6.04 Å². The van der Waals surface area contributed by atoms with E-state index < -0.39 is 6.10 Å². The van der Waals surface area contributed by atoms with E-state index in [2.05, 4.69) is 18.7 Å². The molecule has 3 nitrogen and oxygen atoms in total. The number of rotatable bonds is 3. The van der Waals surface area contributed by atoms with Crippen molar-refractivity contribution >= 4 is 0 Å². The standard InChI is InChI=1S/C13H19NO2/c1-3-14(4-2)13-10-7-5-6-8-12(10)16-9-11(13)15/h5-8,11,13,15H,3-4,9H2,1-2H3. The molecule has 0 amide bonds.